The second-order valence-electron chi connectivity index (χ2n) is 2.89. The Bertz CT molecular complexity index is 484. The molecule has 0 spiro atoms. The molecule has 0 saturated heterocycles. The average Bonchev–Trinajstić information content (AvgIpc) is 2.61. The molecule has 2 aromatic rings. The molecule has 1 heterocycles. The summed E-state index contributed by atoms with van der Waals surface area (Å²) >= 11 is 0. The molecule has 0 radical (unpaired) electrons. The fourth-order valence-electron chi connectivity index (χ4n) is 1.28. The standard InChI is InChI=1S/C10H9F2NO3/c1-2-14-10-13-8-6(15-9(11)12)4-3-5-7(8)16-10/h3-5,9H,2H2,1H3. The van der Waals surface area contributed by atoms with Crippen molar-refractivity contribution in [3.05, 3.63) is 18.2 Å². The van der Waals surface area contributed by atoms with Crippen LogP contribution in [0.25, 0.3) is 11.1 Å². The minimum Gasteiger partial charge on any atom is -0.450 e. The fourth-order valence-corrected chi connectivity index (χ4v) is 1.28. The van der Waals surface area contributed by atoms with Crippen LogP contribution >= 0.6 is 0 Å². The van der Waals surface area contributed by atoms with Gasteiger partial charge in [-0.2, -0.15) is 13.8 Å². The molecule has 0 N–H and O–H groups in total. The van der Waals surface area contributed by atoms with Gasteiger partial charge in [-0.3, -0.25) is 0 Å². The monoisotopic (exact) mass is 229 g/mol. The number of benzene rings is 1. The molecule has 1 aromatic carbocycles. The molecular formula is C10H9F2NO3. The van der Waals surface area contributed by atoms with E-state index in [0.29, 0.717) is 12.2 Å². The lowest BCUT2D eigenvalue weighted by molar-refractivity contribution is -0.0489. The minimum atomic E-state index is -2.89. The molecule has 0 amide bonds. The van der Waals surface area contributed by atoms with E-state index in [1.165, 1.54) is 6.07 Å². The van der Waals surface area contributed by atoms with Crippen molar-refractivity contribution < 1.29 is 22.7 Å². The summed E-state index contributed by atoms with van der Waals surface area (Å²) in [5, 5.41) is 0. The molecule has 16 heavy (non-hydrogen) atoms. The number of hydrogen-bond acceptors (Lipinski definition) is 4. The maximum Gasteiger partial charge on any atom is 0.394 e. The normalized spacial score (nSPS) is 11.0. The predicted molar refractivity (Wildman–Crippen MR) is 51.8 cm³/mol. The van der Waals surface area contributed by atoms with Gasteiger partial charge in [-0.1, -0.05) is 6.07 Å². The van der Waals surface area contributed by atoms with Gasteiger partial charge in [0.05, 0.1) is 6.61 Å². The average molecular weight is 229 g/mol. The van der Waals surface area contributed by atoms with E-state index < -0.39 is 6.61 Å². The summed E-state index contributed by atoms with van der Waals surface area (Å²) in [5.41, 5.74) is 0.577. The first-order valence-corrected chi connectivity index (χ1v) is 4.68. The highest BCUT2D eigenvalue weighted by molar-refractivity contribution is 5.80. The van der Waals surface area contributed by atoms with Crippen molar-refractivity contribution in [1.82, 2.24) is 4.98 Å². The zero-order valence-electron chi connectivity index (χ0n) is 8.44. The van der Waals surface area contributed by atoms with Crippen LogP contribution in [0.1, 0.15) is 6.92 Å². The van der Waals surface area contributed by atoms with E-state index in [2.05, 4.69) is 9.72 Å². The first kappa shape index (κ1) is 10.7. The molecule has 86 valence electrons. The van der Waals surface area contributed by atoms with Crippen LogP contribution in [0.5, 0.6) is 11.8 Å². The Balaban J connectivity index is 2.41. The molecule has 2 rings (SSSR count). The van der Waals surface area contributed by atoms with Crippen molar-refractivity contribution in [2.24, 2.45) is 0 Å². The molecule has 4 nitrogen and oxygen atoms in total. The first-order valence-electron chi connectivity index (χ1n) is 4.68. The second kappa shape index (κ2) is 4.34. The molecule has 1 aromatic heterocycles. The first-order chi connectivity index (χ1) is 7.70. The van der Waals surface area contributed by atoms with Crippen molar-refractivity contribution >= 4 is 11.1 Å². The molecule has 6 heteroatoms. The van der Waals surface area contributed by atoms with Gasteiger partial charge in [0, 0.05) is 0 Å². The number of ether oxygens (including phenoxy) is 2. The Labute approximate surface area is 89.8 Å². The van der Waals surface area contributed by atoms with Gasteiger partial charge in [-0.05, 0) is 19.1 Å². The third-order valence-electron chi connectivity index (χ3n) is 1.85. The number of halogens is 2. The van der Waals surface area contributed by atoms with Crippen molar-refractivity contribution in [1.29, 1.82) is 0 Å². The molecule has 0 aliphatic carbocycles. The zero-order chi connectivity index (χ0) is 11.5. The number of hydrogen-bond donors (Lipinski definition) is 0. The maximum absolute atomic E-state index is 12.1. The number of para-hydroxylation sites is 1. The van der Waals surface area contributed by atoms with Crippen molar-refractivity contribution in [2.45, 2.75) is 13.5 Å². The summed E-state index contributed by atoms with van der Waals surface area (Å²) in [6.07, 6.45) is 0.0443. The number of fused-ring (bicyclic) bond motifs is 1. The van der Waals surface area contributed by atoms with E-state index in [1.807, 2.05) is 0 Å². The maximum atomic E-state index is 12.1. The summed E-state index contributed by atoms with van der Waals surface area (Å²) in [5.74, 6) is -0.0257. The summed E-state index contributed by atoms with van der Waals surface area (Å²) in [4.78, 5) is 3.91. The third kappa shape index (κ3) is 2.05. The third-order valence-corrected chi connectivity index (χ3v) is 1.85. The molecule has 0 aliphatic heterocycles. The van der Waals surface area contributed by atoms with Crippen molar-refractivity contribution in [3.63, 3.8) is 0 Å². The molecular weight excluding hydrogens is 220 g/mol. The minimum absolute atomic E-state index is 0.0257. The van der Waals surface area contributed by atoms with Crippen LogP contribution in [0.15, 0.2) is 22.6 Å². The lowest BCUT2D eigenvalue weighted by Gasteiger charge is -2.02. The zero-order valence-corrected chi connectivity index (χ0v) is 8.44. The van der Waals surface area contributed by atoms with Gasteiger partial charge < -0.3 is 13.9 Å². The van der Waals surface area contributed by atoms with Gasteiger partial charge in [-0.25, -0.2) is 0 Å². The molecule has 0 aliphatic rings. The predicted octanol–water partition coefficient (Wildman–Crippen LogP) is 2.83. The van der Waals surface area contributed by atoms with Gasteiger partial charge in [0.2, 0.25) is 0 Å². The summed E-state index contributed by atoms with van der Waals surface area (Å²) in [6, 6.07) is 4.54. The van der Waals surface area contributed by atoms with E-state index in [9.17, 15) is 8.78 Å². The summed E-state index contributed by atoms with van der Waals surface area (Å²) in [7, 11) is 0. The Kier molecular flexibility index (Phi) is 2.89. The lowest BCUT2D eigenvalue weighted by atomic mass is 10.3. The van der Waals surface area contributed by atoms with Crippen LogP contribution in [0, 0.1) is 0 Å². The molecule has 0 unspecified atom stereocenters. The molecule has 0 saturated carbocycles. The largest absolute Gasteiger partial charge is 0.450 e. The second-order valence-corrected chi connectivity index (χ2v) is 2.89. The summed E-state index contributed by atoms with van der Waals surface area (Å²) < 4.78 is 38.7. The smallest absolute Gasteiger partial charge is 0.394 e. The van der Waals surface area contributed by atoms with Crippen molar-refractivity contribution in [2.75, 3.05) is 6.61 Å². The fraction of sp³-hybridized carbons (Fsp3) is 0.300. The highest BCUT2D eigenvalue weighted by atomic mass is 19.3. The Hall–Kier alpha value is -1.85. The highest BCUT2D eigenvalue weighted by Crippen LogP contribution is 2.29. The number of rotatable bonds is 4. The van der Waals surface area contributed by atoms with Gasteiger partial charge in [0.25, 0.3) is 0 Å². The van der Waals surface area contributed by atoms with Crippen LogP contribution in [0.4, 0.5) is 8.78 Å². The van der Waals surface area contributed by atoms with E-state index in [0.717, 1.165) is 0 Å². The van der Waals surface area contributed by atoms with E-state index >= 15 is 0 Å². The number of oxazole rings is 1. The molecule has 0 bridgehead atoms. The summed E-state index contributed by atoms with van der Waals surface area (Å²) in [6.45, 7) is -0.735. The highest BCUT2D eigenvalue weighted by Gasteiger charge is 2.14. The van der Waals surface area contributed by atoms with Crippen molar-refractivity contribution in [3.8, 4) is 11.8 Å². The number of nitrogens with zero attached hydrogens (tertiary/aromatic N) is 1. The van der Waals surface area contributed by atoms with Crippen LogP contribution in [-0.2, 0) is 0 Å². The van der Waals surface area contributed by atoms with Crippen LogP contribution in [0.3, 0.4) is 0 Å². The Morgan fingerprint density at radius 2 is 2.25 bits per heavy atom. The SMILES string of the molecule is CCOc1nc2c(OC(F)F)cccc2o1. The van der Waals surface area contributed by atoms with Gasteiger partial charge in [0.1, 0.15) is 0 Å². The lowest BCUT2D eigenvalue weighted by Crippen LogP contribution is -2.02. The Morgan fingerprint density at radius 1 is 1.44 bits per heavy atom. The van der Waals surface area contributed by atoms with E-state index in [1.54, 1.807) is 19.1 Å². The van der Waals surface area contributed by atoms with Crippen LogP contribution < -0.4 is 9.47 Å². The quantitative estimate of drug-likeness (QED) is 0.808. The van der Waals surface area contributed by atoms with Gasteiger partial charge >= 0.3 is 12.7 Å². The van der Waals surface area contributed by atoms with Crippen LogP contribution in [-0.4, -0.2) is 18.2 Å². The number of aromatic nitrogens is 1. The van der Waals surface area contributed by atoms with Crippen LogP contribution in [0.2, 0.25) is 0 Å². The topological polar surface area (TPSA) is 44.5 Å². The molecule has 0 fully saturated rings. The number of alkyl halides is 2. The Morgan fingerprint density at radius 3 is 2.94 bits per heavy atom. The van der Waals surface area contributed by atoms with Gasteiger partial charge in [-0.15, -0.1) is 0 Å². The molecule has 0 atom stereocenters. The van der Waals surface area contributed by atoms with E-state index in [-0.39, 0.29) is 17.3 Å². The van der Waals surface area contributed by atoms with E-state index in [4.69, 9.17) is 9.15 Å². The van der Waals surface area contributed by atoms with Gasteiger partial charge in [0.15, 0.2) is 16.8 Å².